The number of nitriles is 2. The van der Waals surface area contributed by atoms with Gasteiger partial charge in [-0.2, -0.15) is 99.6 Å². The number of likely N-dealkylation sites (N-methyl/N-ethyl adjacent to an activating group) is 2. The van der Waals surface area contributed by atoms with E-state index in [1.54, 1.807) is 93.6 Å². The number of benzene rings is 6. The highest BCUT2D eigenvalue weighted by Gasteiger charge is 2.49. The van der Waals surface area contributed by atoms with Crippen LogP contribution in [0.1, 0.15) is 75.8 Å². The third-order valence-electron chi connectivity index (χ3n) is 17.3. The van der Waals surface area contributed by atoms with Gasteiger partial charge in [0.1, 0.15) is 18.0 Å². The maximum absolute atomic E-state index is 13.2. The molecule has 0 spiro atoms. The summed E-state index contributed by atoms with van der Waals surface area (Å²) in [6.45, 7) is 23.1. The average Bonchev–Trinajstić information content (AvgIpc) is 1.58. The Morgan fingerprint density at radius 3 is 1.33 bits per heavy atom. The second kappa shape index (κ2) is 49.4. The Morgan fingerprint density at radius 2 is 0.904 bits per heavy atom. The zero-order valence-electron chi connectivity index (χ0n) is 72.0. The summed E-state index contributed by atoms with van der Waals surface area (Å²) in [5.41, 5.74) is 19.1. The highest BCUT2D eigenvalue weighted by atomic mass is 36.0. The number of anilines is 4. The van der Waals surface area contributed by atoms with Gasteiger partial charge in [0.25, 0.3) is 17.5 Å². The van der Waals surface area contributed by atoms with Gasteiger partial charge in [0.05, 0.1) is 52.1 Å². The number of halogens is 20. The number of hydrogen-bond acceptors (Lipinski definition) is 30. The molecule has 728 valence electrons. The summed E-state index contributed by atoms with van der Waals surface area (Å²) < 4.78 is 207. The molecule has 0 bridgehead atoms. The number of nitrogens with one attached hydrogen (secondary N) is 3. The van der Waals surface area contributed by atoms with Gasteiger partial charge in [0.2, 0.25) is 11.2 Å². The van der Waals surface area contributed by atoms with E-state index in [-0.39, 0.29) is 28.0 Å². The fraction of sp³-hybridized carbons (Fsp3) is 0.321. The molecule has 2 aliphatic heterocycles. The van der Waals surface area contributed by atoms with E-state index in [1.165, 1.54) is 17.6 Å². The van der Waals surface area contributed by atoms with Crippen molar-refractivity contribution >= 4 is 169 Å². The van der Waals surface area contributed by atoms with Gasteiger partial charge in [-0.15, -0.1) is 15.3 Å². The topological polar surface area (TPSA) is 509 Å². The quantitative estimate of drug-likeness (QED) is 0.00775. The molecule has 0 saturated carbocycles. The molecule has 57 heteroatoms. The number of aromatic amines is 1. The predicted octanol–water partition coefficient (Wildman–Crippen LogP) is 15.1. The Kier molecular flexibility index (Phi) is 41.3. The molecule has 7 aromatic heterocycles. The van der Waals surface area contributed by atoms with Gasteiger partial charge < -0.3 is 56.5 Å². The molecule has 1 amide bonds. The SMILES string of the molecule is CCOC(=O)Cl.CCOC(=O)Nc1ccc(C)cc1C#N.CN1CCNCC1.Cc1ccc(N)c(C#N)c1.Cc1ccc2[nH]c(=O)n3nc(C(F)(F)F)nc3c2c1.Cc1ccc2nc(=O)n(N)c(N)c2c1.Cc1ccc2nc(Cl)n3nc(C(F)(F)F)nc3c2c1.Cc1ccc2nc(N3CCN(C)CC3)n3nc(C(F)(F)F)nc3c2c1.NN.O=C(OC(=O)C(F)(F)F)C(F)(F)F.O=P(Cl)(Cl)Cl. The van der Waals surface area contributed by atoms with Crippen LogP contribution in [0, 0.1) is 64.2 Å². The van der Waals surface area contributed by atoms with Crippen molar-refractivity contribution in [3.05, 3.63) is 197 Å². The molecule has 13 aromatic rings. The first-order valence-corrected chi connectivity index (χ1v) is 43.4. The number of alkyl halides is 15. The van der Waals surface area contributed by atoms with E-state index < -0.39 is 88.4 Å². The second-order valence-electron chi connectivity index (χ2n) is 27.8. The van der Waals surface area contributed by atoms with Gasteiger partial charge in [-0.25, -0.2) is 53.7 Å². The van der Waals surface area contributed by atoms with Crippen molar-refractivity contribution in [3.63, 3.8) is 0 Å². The van der Waals surface area contributed by atoms with Crippen LogP contribution in [0.4, 0.5) is 98.6 Å². The number of esters is 2. The molecule has 6 aromatic carbocycles. The van der Waals surface area contributed by atoms with Crippen LogP contribution in [-0.2, 0) is 46.9 Å². The third-order valence-corrected chi connectivity index (χ3v) is 17.6. The number of amides is 1. The smallest absolute Gasteiger partial charge is 0.454 e. The number of aromatic nitrogens is 14. The Bertz CT molecular complexity index is 6580. The lowest BCUT2D eigenvalue weighted by Gasteiger charge is -2.33. The summed E-state index contributed by atoms with van der Waals surface area (Å²) in [5.74, 6) is 3.96. The van der Waals surface area contributed by atoms with Crippen LogP contribution in [0.2, 0.25) is 5.28 Å². The van der Waals surface area contributed by atoms with Gasteiger partial charge in [-0.05, 0) is 199 Å². The molecule has 0 atom stereocenters. The number of fused-ring (bicyclic) bond motifs is 10. The van der Waals surface area contributed by atoms with E-state index in [1.807, 2.05) is 95.1 Å². The van der Waals surface area contributed by atoms with Crippen LogP contribution in [0.5, 0.6) is 0 Å². The van der Waals surface area contributed by atoms with E-state index in [4.69, 9.17) is 55.8 Å². The van der Waals surface area contributed by atoms with Crippen molar-refractivity contribution in [1.29, 1.82) is 10.5 Å². The lowest BCUT2D eigenvalue weighted by atomic mass is 10.1. The molecule has 0 unspecified atom stereocenters. The van der Waals surface area contributed by atoms with Gasteiger partial charge in [0.15, 0.2) is 16.9 Å². The molecule has 36 nitrogen and oxygen atoms in total. The lowest BCUT2D eigenvalue weighted by molar-refractivity contribution is -0.221. The standard InChI is InChI=1S/C16H17F3N6.C11H6ClF3N4.C11H7F3N4O.C11H12N2O2.C9H10N4O.C8H8N2.C5H12N2.C4F6O3.C3H5ClO2.Cl3OP.H4N2/c1-10-3-4-12-11(9-10)13-21-14(16(17,18)19)22-25(13)15(20-12)24-7-5-23(2)6-8-24;1-5-2-3-7-6(4-5)8-17-9(11(13,14)15)18-19(8)10(12)16-7;1-5-2-3-7-6(4-5)8-16-9(11(12,13)14)17-18(8)10(19)15-7;1-3-15-11(14)13-10-5-4-8(2)6-9(10)7-12;1-5-2-3-7-6(4-5)8(10)13(11)9(14)12-7;1-6-2-3-8(10)7(4-6)5-9;1-7-4-2-6-3-5-7;5-3(6,7)1(11)13-2(12)4(8,9)10;1-2-6-3(4)5;1-5(2,3)4;1-2/h3-4,9H,5-8H2,1-2H3;2-4H,1H3;2-4H,1H3,(H,15,19);4-6H,3H2,1-2H3,(H,13,14);2-4H,10-11H2,1H3;2-4H,10H2,1H3;6H,2-5H2,1H3;;2H2,1H3;;1-2H2. The molecule has 2 fully saturated rings. The van der Waals surface area contributed by atoms with Gasteiger partial charge in [-0.1, -0.05) is 58.7 Å². The van der Waals surface area contributed by atoms with E-state index >= 15 is 0 Å². The predicted molar refractivity (Wildman–Crippen MR) is 474 cm³/mol. The number of H-pyrrole nitrogens is 1. The zero-order chi connectivity index (χ0) is 102. The highest BCUT2D eigenvalue weighted by molar-refractivity contribution is 8.24. The molecule has 0 aliphatic carbocycles. The van der Waals surface area contributed by atoms with Crippen LogP contribution in [-0.4, -0.2) is 194 Å². The Labute approximate surface area is 777 Å². The molecule has 135 heavy (non-hydrogen) atoms. The fourth-order valence-corrected chi connectivity index (χ4v) is 11.4. The number of hydrazine groups is 1. The number of aryl methyl sites for hydroxylation is 6. The van der Waals surface area contributed by atoms with E-state index in [0.29, 0.717) is 103 Å². The molecule has 9 heterocycles. The number of rotatable bonds is 4. The second-order valence-corrected chi connectivity index (χ2v) is 35.1. The molecule has 2 saturated heterocycles. The summed E-state index contributed by atoms with van der Waals surface area (Å²) >= 11 is 24.4. The van der Waals surface area contributed by atoms with Crippen molar-refractivity contribution in [2.75, 3.05) is 107 Å². The summed E-state index contributed by atoms with van der Waals surface area (Å²) in [4.78, 5) is 94.9. The zero-order valence-corrected chi connectivity index (χ0v) is 76.7. The molecule has 13 N–H and O–H groups in total. The van der Waals surface area contributed by atoms with Crippen LogP contribution in [0.25, 0.3) is 60.6 Å². The first kappa shape index (κ1) is 113. The van der Waals surface area contributed by atoms with Crippen molar-refractivity contribution in [2.24, 2.45) is 11.7 Å². The summed E-state index contributed by atoms with van der Waals surface area (Å²) in [6, 6.07) is 35.8. The number of nitrogens with zero attached hydrogens (tertiary/aromatic N) is 18. The van der Waals surface area contributed by atoms with Gasteiger partial charge in [0, 0.05) is 91.2 Å². The monoisotopic (exact) mass is 2030 g/mol. The largest absolute Gasteiger partial charge is 0.491 e. The first-order valence-electron chi connectivity index (χ1n) is 38.2. The highest BCUT2D eigenvalue weighted by Crippen LogP contribution is 2.61. The number of carbonyl (C=O) groups excluding carboxylic acids is 4. The summed E-state index contributed by atoms with van der Waals surface area (Å²) in [7, 11) is 4.17. The number of nitrogens with two attached hydrogens (primary N) is 5. The lowest BCUT2D eigenvalue weighted by Crippen LogP contribution is -2.45. The minimum Gasteiger partial charge on any atom is -0.454 e. The van der Waals surface area contributed by atoms with Crippen LogP contribution < -0.4 is 55.9 Å². The van der Waals surface area contributed by atoms with Crippen molar-refractivity contribution < 1.29 is 104 Å². The van der Waals surface area contributed by atoms with Crippen molar-refractivity contribution in [3.8, 4) is 12.1 Å². The molecular formula is C78H81Cl5F15N26O10P. The number of hydrogen-bond donors (Lipinski definition) is 8. The number of nitrogen functional groups attached to an aromatic ring is 3. The Hall–Kier alpha value is -12.8. The minimum absolute atomic E-state index is 0.0472. The van der Waals surface area contributed by atoms with E-state index in [9.17, 15) is 99.2 Å². The van der Waals surface area contributed by atoms with Crippen LogP contribution in [0.3, 0.4) is 0 Å². The van der Waals surface area contributed by atoms with E-state index in [2.05, 4.69) is 133 Å². The maximum Gasteiger partial charge on any atom is 0.491 e. The van der Waals surface area contributed by atoms with Gasteiger partial charge >= 0.3 is 70.9 Å². The molecular weight excluding hydrogens is 1950 g/mol. The minimum atomic E-state index is -5.62. The number of carbonyl (C=O) groups is 4. The van der Waals surface area contributed by atoms with E-state index in [0.717, 1.165) is 68.8 Å². The fourth-order valence-electron chi connectivity index (χ4n) is 11.1. The summed E-state index contributed by atoms with van der Waals surface area (Å²) in [6.07, 6.45) is -25.7. The van der Waals surface area contributed by atoms with Crippen LogP contribution in [0.15, 0.2) is 119 Å². The molecule has 0 radical (unpaired) electrons. The number of piperazine rings is 2. The van der Waals surface area contributed by atoms with Gasteiger partial charge in [-0.3, -0.25) is 21.6 Å². The summed E-state index contributed by atoms with van der Waals surface area (Å²) in [5, 5.41) is 32.2. The number of ether oxygens (including phenoxy) is 3. The Morgan fingerprint density at radius 1 is 0.519 bits per heavy atom. The van der Waals surface area contributed by atoms with Crippen molar-refractivity contribution in [1.82, 2.24) is 83.5 Å². The molecule has 2 aliphatic rings. The average molecular weight is 2040 g/mol. The maximum atomic E-state index is 13.2. The van der Waals surface area contributed by atoms with Crippen LogP contribution >= 0.6 is 62.1 Å². The Balaban J connectivity index is 0.000000272. The third kappa shape index (κ3) is 34.6. The first-order chi connectivity index (χ1) is 62.8. The molecule has 15 rings (SSSR count). The van der Waals surface area contributed by atoms with Crippen molar-refractivity contribution in [2.45, 2.75) is 86.3 Å². The normalized spacial score (nSPS) is 12.7.